The minimum absolute atomic E-state index is 0.471. The van der Waals surface area contributed by atoms with Gasteiger partial charge in [-0.3, -0.25) is 4.68 Å². The van der Waals surface area contributed by atoms with Gasteiger partial charge in [-0.25, -0.2) is 0 Å². The molecule has 0 atom stereocenters. The molecule has 0 aliphatic rings. The van der Waals surface area contributed by atoms with Crippen LogP contribution in [0, 0.1) is 0 Å². The zero-order valence-corrected chi connectivity index (χ0v) is 11.3. The second kappa shape index (κ2) is 4.72. The van der Waals surface area contributed by atoms with Gasteiger partial charge in [-0.1, -0.05) is 26.0 Å². The third-order valence-corrected chi connectivity index (χ3v) is 3.04. The number of nitrogen functional groups attached to an aromatic ring is 1. The molecule has 0 radical (unpaired) electrons. The summed E-state index contributed by atoms with van der Waals surface area (Å²) in [7, 11) is 3.53. The van der Waals surface area contributed by atoms with Gasteiger partial charge in [0.1, 0.15) is 5.75 Å². The van der Waals surface area contributed by atoms with Gasteiger partial charge in [0.15, 0.2) is 5.82 Å². The van der Waals surface area contributed by atoms with Crippen LogP contribution in [0.2, 0.25) is 0 Å². The number of rotatable bonds is 3. The number of methoxy groups -OCH3 is 1. The van der Waals surface area contributed by atoms with Gasteiger partial charge < -0.3 is 10.5 Å². The van der Waals surface area contributed by atoms with Gasteiger partial charge in [0.25, 0.3) is 0 Å². The molecule has 0 spiro atoms. The molecular formula is C14H19N3O. The third kappa shape index (κ3) is 2.18. The van der Waals surface area contributed by atoms with Crippen LogP contribution in [-0.2, 0) is 7.05 Å². The molecule has 2 rings (SSSR count). The summed E-state index contributed by atoms with van der Waals surface area (Å²) in [6, 6.07) is 6.21. The van der Waals surface area contributed by atoms with Crippen LogP contribution >= 0.6 is 0 Å². The number of hydrogen-bond donors (Lipinski definition) is 1. The molecule has 0 aliphatic heterocycles. The highest BCUT2D eigenvalue weighted by Gasteiger charge is 2.13. The Balaban J connectivity index is 2.54. The van der Waals surface area contributed by atoms with Crippen LogP contribution in [0.3, 0.4) is 0 Å². The summed E-state index contributed by atoms with van der Waals surface area (Å²) in [4.78, 5) is 0. The van der Waals surface area contributed by atoms with Crippen molar-refractivity contribution in [3.8, 4) is 16.9 Å². The van der Waals surface area contributed by atoms with Crippen LogP contribution in [0.4, 0.5) is 5.82 Å². The molecule has 0 aliphatic carbocycles. The average molecular weight is 245 g/mol. The highest BCUT2D eigenvalue weighted by molar-refractivity contribution is 5.78. The number of aryl methyl sites for hydroxylation is 1. The maximum Gasteiger partial charge on any atom is 0.153 e. The number of ether oxygens (including phenoxy) is 1. The molecule has 1 heterocycles. The topological polar surface area (TPSA) is 53.1 Å². The summed E-state index contributed by atoms with van der Waals surface area (Å²) >= 11 is 0. The SMILES string of the molecule is COc1cc(C(C)C)ccc1-c1cn(C)nc1N. The molecule has 2 aromatic rings. The predicted octanol–water partition coefficient (Wildman–Crippen LogP) is 2.80. The van der Waals surface area contributed by atoms with Gasteiger partial charge in [-0.05, 0) is 17.5 Å². The van der Waals surface area contributed by atoms with Crippen molar-refractivity contribution in [2.75, 3.05) is 12.8 Å². The van der Waals surface area contributed by atoms with Crippen LogP contribution < -0.4 is 10.5 Å². The number of nitrogens with two attached hydrogens (primary N) is 1. The van der Waals surface area contributed by atoms with Crippen LogP contribution in [0.15, 0.2) is 24.4 Å². The summed E-state index contributed by atoms with van der Waals surface area (Å²) in [5, 5.41) is 4.16. The second-order valence-corrected chi connectivity index (χ2v) is 4.72. The maximum atomic E-state index is 5.91. The Bertz CT molecular complexity index is 558. The van der Waals surface area contributed by atoms with E-state index < -0.39 is 0 Å². The highest BCUT2D eigenvalue weighted by Crippen LogP contribution is 2.35. The van der Waals surface area contributed by atoms with Gasteiger partial charge >= 0.3 is 0 Å². The summed E-state index contributed by atoms with van der Waals surface area (Å²) in [6.45, 7) is 4.32. The summed E-state index contributed by atoms with van der Waals surface area (Å²) in [5.74, 6) is 1.83. The minimum Gasteiger partial charge on any atom is -0.496 e. The van der Waals surface area contributed by atoms with Crippen LogP contribution in [0.25, 0.3) is 11.1 Å². The molecule has 1 aromatic carbocycles. The van der Waals surface area contributed by atoms with E-state index in [1.54, 1.807) is 11.8 Å². The number of benzene rings is 1. The van der Waals surface area contributed by atoms with E-state index in [1.807, 2.05) is 19.3 Å². The maximum absolute atomic E-state index is 5.91. The molecule has 96 valence electrons. The molecule has 0 saturated carbocycles. The predicted molar refractivity (Wildman–Crippen MR) is 73.7 cm³/mol. The van der Waals surface area contributed by atoms with E-state index in [1.165, 1.54) is 5.56 Å². The standard InChI is InChI=1S/C14H19N3O/c1-9(2)10-5-6-11(13(7-10)18-4)12-8-17(3)16-14(12)15/h5-9H,1-4H3,(H2,15,16). The second-order valence-electron chi connectivity index (χ2n) is 4.72. The van der Waals surface area contributed by atoms with Gasteiger partial charge in [0.2, 0.25) is 0 Å². The Labute approximate surface area is 107 Å². The molecular weight excluding hydrogens is 226 g/mol. The molecule has 0 fully saturated rings. The Morgan fingerprint density at radius 3 is 2.50 bits per heavy atom. The fourth-order valence-corrected chi connectivity index (χ4v) is 2.00. The van der Waals surface area contributed by atoms with E-state index >= 15 is 0 Å². The Morgan fingerprint density at radius 1 is 1.28 bits per heavy atom. The summed E-state index contributed by atoms with van der Waals surface area (Å²) in [6.07, 6.45) is 1.90. The van der Waals surface area contributed by atoms with Gasteiger partial charge in [0, 0.05) is 24.4 Å². The number of anilines is 1. The smallest absolute Gasteiger partial charge is 0.153 e. The molecule has 0 bridgehead atoms. The Kier molecular flexibility index (Phi) is 3.28. The first kappa shape index (κ1) is 12.5. The fourth-order valence-electron chi connectivity index (χ4n) is 2.00. The van der Waals surface area contributed by atoms with E-state index in [9.17, 15) is 0 Å². The molecule has 2 N–H and O–H groups in total. The molecule has 4 nitrogen and oxygen atoms in total. The lowest BCUT2D eigenvalue weighted by Gasteiger charge is -2.12. The van der Waals surface area contributed by atoms with Gasteiger partial charge in [-0.2, -0.15) is 5.10 Å². The molecule has 0 unspecified atom stereocenters. The lowest BCUT2D eigenvalue weighted by Crippen LogP contribution is -1.94. The normalized spacial score (nSPS) is 10.9. The van der Waals surface area contributed by atoms with Crippen molar-refractivity contribution in [3.05, 3.63) is 30.0 Å². The highest BCUT2D eigenvalue weighted by atomic mass is 16.5. The molecule has 4 heteroatoms. The van der Waals surface area contributed by atoms with Crippen molar-refractivity contribution in [3.63, 3.8) is 0 Å². The first-order valence-electron chi connectivity index (χ1n) is 6.00. The van der Waals surface area contributed by atoms with E-state index in [4.69, 9.17) is 10.5 Å². The molecule has 18 heavy (non-hydrogen) atoms. The average Bonchev–Trinajstić information content (AvgIpc) is 2.67. The lowest BCUT2D eigenvalue weighted by atomic mass is 9.98. The van der Waals surface area contributed by atoms with Crippen molar-refractivity contribution in [2.45, 2.75) is 19.8 Å². The van der Waals surface area contributed by atoms with E-state index in [-0.39, 0.29) is 0 Å². The first-order valence-corrected chi connectivity index (χ1v) is 6.00. The van der Waals surface area contributed by atoms with Crippen molar-refractivity contribution in [2.24, 2.45) is 7.05 Å². The Hall–Kier alpha value is -1.97. The molecule has 0 amide bonds. The molecule has 1 aromatic heterocycles. The van der Waals surface area contributed by atoms with E-state index in [0.29, 0.717) is 11.7 Å². The van der Waals surface area contributed by atoms with Crippen molar-refractivity contribution in [1.29, 1.82) is 0 Å². The Morgan fingerprint density at radius 2 is 2.00 bits per heavy atom. The van der Waals surface area contributed by atoms with Gasteiger partial charge in [-0.15, -0.1) is 0 Å². The lowest BCUT2D eigenvalue weighted by molar-refractivity contribution is 0.415. The third-order valence-electron chi connectivity index (χ3n) is 3.04. The zero-order chi connectivity index (χ0) is 13.3. The minimum atomic E-state index is 0.471. The quantitative estimate of drug-likeness (QED) is 0.904. The van der Waals surface area contributed by atoms with Crippen molar-refractivity contribution >= 4 is 5.82 Å². The zero-order valence-electron chi connectivity index (χ0n) is 11.3. The summed E-state index contributed by atoms with van der Waals surface area (Å²) in [5.41, 5.74) is 9.04. The van der Waals surface area contributed by atoms with Crippen molar-refractivity contribution in [1.82, 2.24) is 9.78 Å². The van der Waals surface area contributed by atoms with Crippen molar-refractivity contribution < 1.29 is 4.74 Å². The van der Waals surface area contributed by atoms with E-state index in [2.05, 4.69) is 31.1 Å². The number of aromatic nitrogens is 2. The number of nitrogens with zero attached hydrogens (tertiary/aromatic N) is 2. The van der Waals surface area contributed by atoms with Crippen LogP contribution in [0.1, 0.15) is 25.3 Å². The van der Waals surface area contributed by atoms with Crippen LogP contribution in [0.5, 0.6) is 5.75 Å². The summed E-state index contributed by atoms with van der Waals surface area (Å²) < 4.78 is 7.17. The fraction of sp³-hybridized carbons (Fsp3) is 0.357. The van der Waals surface area contributed by atoms with Crippen LogP contribution in [-0.4, -0.2) is 16.9 Å². The first-order chi connectivity index (χ1) is 8.52. The monoisotopic (exact) mass is 245 g/mol. The molecule has 0 saturated heterocycles. The van der Waals surface area contributed by atoms with E-state index in [0.717, 1.165) is 16.9 Å². The largest absolute Gasteiger partial charge is 0.496 e. The number of hydrogen-bond acceptors (Lipinski definition) is 3. The van der Waals surface area contributed by atoms with Gasteiger partial charge in [0.05, 0.1) is 7.11 Å².